The molecule has 1 aliphatic heterocycles. The third-order valence-electron chi connectivity index (χ3n) is 3.29. The highest BCUT2D eigenvalue weighted by Crippen LogP contribution is 2.33. The smallest absolute Gasteiger partial charge is 0.158 e. The fourth-order valence-corrected chi connectivity index (χ4v) is 2.44. The lowest BCUT2D eigenvalue weighted by Gasteiger charge is -2.23. The lowest BCUT2D eigenvalue weighted by molar-refractivity contribution is 0.953. The number of halogens is 1. The lowest BCUT2D eigenvalue weighted by atomic mass is 10.2. The van der Waals surface area contributed by atoms with E-state index in [9.17, 15) is 0 Å². The third kappa shape index (κ3) is 2.47. The van der Waals surface area contributed by atoms with Gasteiger partial charge in [0.2, 0.25) is 0 Å². The number of para-hydroxylation sites is 1. The van der Waals surface area contributed by atoms with E-state index in [0.717, 1.165) is 36.0 Å². The Kier molecular flexibility index (Phi) is 3.56. The number of aliphatic imine (C=N–C) groups is 1. The van der Waals surface area contributed by atoms with Crippen LogP contribution in [0, 0.1) is 0 Å². The number of fused-ring (bicyclic) bond motifs is 1. The SMILES string of the molecule is CN=C1CCN(c2ccccc2)c2nc(Cl)ccc2N1. The van der Waals surface area contributed by atoms with Crippen molar-refractivity contribution in [1.82, 2.24) is 4.98 Å². The van der Waals surface area contributed by atoms with Gasteiger partial charge in [0.25, 0.3) is 0 Å². The number of amidine groups is 1. The fraction of sp³-hybridized carbons (Fsp3) is 0.200. The Labute approximate surface area is 123 Å². The molecule has 1 aromatic carbocycles. The van der Waals surface area contributed by atoms with Crippen LogP contribution < -0.4 is 10.2 Å². The topological polar surface area (TPSA) is 40.5 Å². The maximum atomic E-state index is 6.06. The fourth-order valence-electron chi connectivity index (χ4n) is 2.30. The molecule has 5 heteroatoms. The molecule has 20 heavy (non-hydrogen) atoms. The number of benzene rings is 1. The molecular weight excluding hydrogens is 272 g/mol. The van der Waals surface area contributed by atoms with Crippen molar-refractivity contribution in [2.75, 3.05) is 23.8 Å². The van der Waals surface area contributed by atoms with Crippen LogP contribution in [0.1, 0.15) is 6.42 Å². The van der Waals surface area contributed by atoms with Gasteiger partial charge in [-0.25, -0.2) is 4.98 Å². The quantitative estimate of drug-likeness (QED) is 0.812. The van der Waals surface area contributed by atoms with Gasteiger partial charge in [-0.05, 0) is 24.3 Å². The first-order chi connectivity index (χ1) is 9.78. The molecule has 3 rings (SSSR count). The van der Waals surface area contributed by atoms with Crippen LogP contribution >= 0.6 is 11.6 Å². The van der Waals surface area contributed by atoms with Crippen molar-refractivity contribution in [3.8, 4) is 0 Å². The minimum absolute atomic E-state index is 0.489. The van der Waals surface area contributed by atoms with Gasteiger partial charge in [0, 0.05) is 25.7 Å². The minimum Gasteiger partial charge on any atom is -0.341 e. The zero-order valence-corrected chi connectivity index (χ0v) is 11.9. The average Bonchev–Trinajstić information content (AvgIpc) is 2.67. The maximum absolute atomic E-state index is 6.06. The molecule has 0 aliphatic carbocycles. The second-order valence-electron chi connectivity index (χ2n) is 4.54. The first-order valence-corrected chi connectivity index (χ1v) is 6.87. The summed E-state index contributed by atoms with van der Waals surface area (Å²) in [6.07, 6.45) is 0.833. The molecule has 1 N–H and O–H groups in total. The van der Waals surface area contributed by atoms with Crippen molar-refractivity contribution in [3.63, 3.8) is 0 Å². The number of nitrogens with one attached hydrogen (secondary N) is 1. The van der Waals surface area contributed by atoms with Crippen molar-refractivity contribution in [1.29, 1.82) is 0 Å². The van der Waals surface area contributed by atoms with E-state index in [1.165, 1.54) is 0 Å². The Morgan fingerprint density at radius 1 is 1.20 bits per heavy atom. The standard InChI is InChI=1S/C15H15ClN4/c1-17-14-9-10-20(11-5-3-2-4-6-11)15-12(18-14)7-8-13(16)19-15/h2-8H,9-10H2,1H3,(H,17,18). The monoisotopic (exact) mass is 286 g/mol. The molecule has 1 aromatic heterocycles. The molecule has 0 amide bonds. The van der Waals surface area contributed by atoms with Gasteiger partial charge in [-0.3, -0.25) is 4.99 Å². The van der Waals surface area contributed by atoms with Crippen molar-refractivity contribution in [2.24, 2.45) is 4.99 Å². The van der Waals surface area contributed by atoms with Gasteiger partial charge >= 0.3 is 0 Å². The van der Waals surface area contributed by atoms with E-state index in [1.54, 1.807) is 13.1 Å². The van der Waals surface area contributed by atoms with Gasteiger partial charge < -0.3 is 10.2 Å². The molecule has 2 heterocycles. The number of nitrogens with zero attached hydrogens (tertiary/aromatic N) is 3. The van der Waals surface area contributed by atoms with E-state index in [-0.39, 0.29) is 0 Å². The molecule has 2 aromatic rings. The van der Waals surface area contributed by atoms with Crippen LogP contribution in [0.25, 0.3) is 0 Å². The van der Waals surface area contributed by atoms with E-state index < -0.39 is 0 Å². The minimum atomic E-state index is 0.489. The summed E-state index contributed by atoms with van der Waals surface area (Å²) < 4.78 is 0. The molecule has 0 saturated heterocycles. The summed E-state index contributed by atoms with van der Waals surface area (Å²) in [7, 11) is 1.80. The molecule has 4 nitrogen and oxygen atoms in total. The van der Waals surface area contributed by atoms with E-state index in [2.05, 4.69) is 32.3 Å². The van der Waals surface area contributed by atoms with Crippen molar-refractivity contribution in [3.05, 3.63) is 47.6 Å². The van der Waals surface area contributed by atoms with Crippen LogP contribution in [0.2, 0.25) is 5.15 Å². The van der Waals surface area contributed by atoms with Crippen LogP contribution in [0.5, 0.6) is 0 Å². The van der Waals surface area contributed by atoms with Crippen molar-refractivity contribution in [2.45, 2.75) is 6.42 Å². The third-order valence-corrected chi connectivity index (χ3v) is 3.50. The van der Waals surface area contributed by atoms with E-state index in [1.807, 2.05) is 24.3 Å². The van der Waals surface area contributed by atoms with E-state index in [0.29, 0.717) is 5.15 Å². The Morgan fingerprint density at radius 3 is 2.75 bits per heavy atom. The first kappa shape index (κ1) is 12.9. The number of anilines is 3. The van der Waals surface area contributed by atoms with Gasteiger partial charge in [-0.15, -0.1) is 0 Å². The summed E-state index contributed by atoms with van der Waals surface area (Å²) in [5, 5.41) is 3.81. The van der Waals surface area contributed by atoms with Crippen LogP contribution in [0.4, 0.5) is 17.2 Å². The predicted octanol–water partition coefficient (Wildman–Crippen LogP) is 3.72. The molecule has 0 atom stereocenters. The van der Waals surface area contributed by atoms with E-state index in [4.69, 9.17) is 11.6 Å². The summed E-state index contributed by atoms with van der Waals surface area (Å²) in [6, 6.07) is 13.9. The van der Waals surface area contributed by atoms with E-state index >= 15 is 0 Å². The number of hydrogen-bond acceptors (Lipinski definition) is 3. The molecule has 0 unspecified atom stereocenters. The van der Waals surface area contributed by atoms with Crippen LogP contribution in [0.3, 0.4) is 0 Å². The van der Waals surface area contributed by atoms with Crippen molar-refractivity contribution >= 4 is 34.6 Å². The number of rotatable bonds is 1. The summed E-state index contributed by atoms with van der Waals surface area (Å²) in [6.45, 7) is 0.810. The van der Waals surface area contributed by atoms with Crippen LogP contribution in [0.15, 0.2) is 47.5 Å². The largest absolute Gasteiger partial charge is 0.341 e. The summed E-state index contributed by atoms with van der Waals surface area (Å²) >= 11 is 6.06. The second kappa shape index (κ2) is 5.51. The van der Waals surface area contributed by atoms with Gasteiger partial charge in [0.05, 0.1) is 5.69 Å². The molecule has 1 aliphatic rings. The normalized spacial score (nSPS) is 16.5. The zero-order valence-electron chi connectivity index (χ0n) is 11.2. The Morgan fingerprint density at radius 2 is 2.00 bits per heavy atom. The summed E-state index contributed by atoms with van der Waals surface area (Å²) in [4.78, 5) is 10.9. The molecule has 0 radical (unpaired) electrons. The molecular formula is C15H15ClN4. The second-order valence-corrected chi connectivity index (χ2v) is 4.92. The van der Waals surface area contributed by atoms with Crippen LogP contribution in [-0.4, -0.2) is 24.4 Å². The van der Waals surface area contributed by atoms with Crippen molar-refractivity contribution < 1.29 is 0 Å². The lowest BCUT2D eigenvalue weighted by Crippen LogP contribution is -2.19. The summed E-state index contributed by atoms with van der Waals surface area (Å²) in [5.74, 6) is 1.79. The molecule has 0 bridgehead atoms. The summed E-state index contributed by atoms with van der Waals surface area (Å²) in [5.41, 5.74) is 2.03. The van der Waals surface area contributed by atoms with Gasteiger partial charge in [-0.2, -0.15) is 0 Å². The maximum Gasteiger partial charge on any atom is 0.158 e. The average molecular weight is 287 g/mol. The Bertz CT molecular complexity index is 640. The molecule has 0 spiro atoms. The molecule has 0 fully saturated rings. The number of hydrogen-bond donors (Lipinski definition) is 1. The van der Waals surface area contributed by atoms with Gasteiger partial charge in [0.1, 0.15) is 11.0 Å². The Balaban J connectivity index is 2.10. The highest BCUT2D eigenvalue weighted by Gasteiger charge is 2.20. The highest BCUT2D eigenvalue weighted by molar-refractivity contribution is 6.29. The first-order valence-electron chi connectivity index (χ1n) is 6.50. The zero-order chi connectivity index (χ0) is 13.9. The Hall–Kier alpha value is -2.07. The van der Waals surface area contributed by atoms with Gasteiger partial charge in [-0.1, -0.05) is 29.8 Å². The molecule has 0 saturated carbocycles. The van der Waals surface area contributed by atoms with Gasteiger partial charge in [0.15, 0.2) is 5.82 Å². The highest BCUT2D eigenvalue weighted by atomic mass is 35.5. The number of pyridine rings is 1. The predicted molar refractivity (Wildman–Crippen MR) is 84.3 cm³/mol. The van der Waals surface area contributed by atoms with Crippen LogP contribution in [-0.2, 0) is 0 Å². The molecule has 102 valence electrons. The number of aromatic nitrogens is 1.